The van der Waals surface area contributed by atoms with Gasteiger partial charge in [0.2, 0.25) is 0 Å². The topological polar surface area (TPSA) is 4.93 Å². The van der Waals surface area contributed by atoms with E-state index in [1.165, 1.54) is 157 Å². The van der Waals surface area contributed by atoms with Crippen LogP contribution in [-0.2, 0) is 13.0 Å². The van der Waals surface area contributed by atoms with Gasteiger partial charge in [-0.15, -0.1) is 0 Å². The third-order valence-corrected chi connectivity index (χ3v) is 8.64. The maximum atomic E-state index is 2.67. The predicted molar refractivity (Wildman–Crippen MR) is 175 cm³/mol. The van der Waals surface area contributed by atoms with Gasteiger partial charge < -0.3 is 4.57 Å². The van der Waals surface area contributed by atoms with E-state index in [-0.39, 0.29) is 0 Å². The summed E-state index contributed by atoms with van der Waals surface area (Å²) < 4.78 is 2.67. The van der Waals surface area contributed by atoms with Crippen molar-refractivity contribution in [3.8, 4) is 11.3 Å². The Morgan fingerprint density at radius 2 is 0.923 bits per heavy atom. The molecule has 2 aromatic carbocycles. The lowest BCUT2D eigenvalue weighted by Crippen LogP contribution is -2.02. The molecule has 1 heterocycles. The van der Waals surface area contributed by atoms with Crippen LogP contribution in [0.5, 0.6) is 0 Å². The zero-order chi connectivity index (χ0) is 27.4. The summed E-state index contributed by atoms with van der Waals surface area (Å²) in [6, 6.07) is 20.4. The van der Waals surface area contributed by atoms with Crippen LogP contribution in [0.1, 0.15) is 148 Å². The van der Waals surface area contributed by atoms with Gasteiger partial charge in [0.25, 0.3) is 0 Å². The largest absolute Gasteiger partial charge is 0.340 e. The van der Waals surface area contributed by atoms with E-state index in [0.29, 0.717) is 0 Å². The summed E-state index contributed by atoms with van der Waals surface area (Å²) in [6.45, 7) is 5.75. The summed E-state index contributed by atoms with van der Waals surface area (Å²) in [5.41, 5.74) is 5.91. The van der Waals surface area contributed by atoms with Crippen LogP contribution >= 0.6 is 0 Å². The summed E-state index contributed by atoms with van der Waals surface area (Å²) in [5.74, 6) is 0. The first kappa shape index (κ1) is 31.5. The van der Waals surface area contributed by atoms with Gasteiger partial charge in [0.1, 0.15) is 0 Å². The molecule has 0 fully saturated rings. The molecular weight excluding hydrogens is 470 g/mol. The van der Waals surface area contributed by atoms with Gasteiger partial charge in [-0.1, -0.05) is 178 Å². The van der Waals surface area contributed by atoms with Crippen LogP contribution in [0, 0.1) is 0 Å². The van der Waals surface area contributed by atoms with Gasteiger partial charge in [0.05, 0.1) is 5.69 Å². The number of hydrogen-bond acceptors (Lipinski definition) is 0. The summed E-state index contributed by atoms with van der Waals surface area (Å²) in [4.78, 5) is 0. The highest BCUT2D eigenvalue weighted by Gasteiger charge is 2.18. The fourth-order valence-electron chi connectivity index (χ4n) is 6.33. The Hall–Kier alpha value is -2.02. The first-order chi connectivity index (χ1) is 19.4. The molecule has 0 aliphatic rings. The quantitative estimate of drug-likeness (QED) is 0.108. The highest BCUT2D eigenvalue weighted by atomic mass is 15.0. The van der Waals surface area contributed by atoms with Crippen LogP contribution in [0.3, 0.4) is 0 Å². The van der Waals surface area contributed by atoms with Crippen molar-refractivity contribution in [1.29, 1.82) is 0 Å². The maximum Gasteiger partial charge on any atom is 0.0523 e. The first-order valence-electron chi connectivity index (χ1n) is 17.0. The Kier molecular flexibility index (Phi) is 16.1. The molecule has 0 aliphatic carbocycles. The van der Waals surface area contributed by atoms with Crippen LogP contribution in [0.25, 0.3) is 22.2 Å². The van der Waals surface area contributed by atoms with E-state index in [1.54, 1.807) is 5.56 Å². The molecule has 216 valence electrons. The lowest BCUT2D eigenvalue weighted by atomic mass is 9.99. The maximum absolute atomic E-state index is 2.67. The molecule has 1 aromatic heterocycles. The fraction of sp³-hybridized carbons (Fsp3) is 0.632. The van der Waals surface area contributed by atoms with E-state index in [1.807, 2.05) is 0 Å². The molecule has 0 saturated carbocycles. The highest BCUT2D eigenvalue weighted by Crippen LogP contribution is 2.35. The molecule has 0 unspecified atom stereocenters. The molecule has 0 bridgehead atoms. The Balaban J connectivity index is 1.56. The van der Waals surface area contributed by atoms with E-state index in [4.69, 9.17) is 0 Å². The molecule has 39 heavy (non-hydrogen) atoms. The van der Waals surface area contributed by atoms with E-state index < -0.39 is 0 Å². The van der Waals surface area contributed by atoms with Crippen molar-refractivity contribution >= 4 is 10.9 Å². The Labute approximate surface area is 241 Å². The minimum atomic E-state index is 1.14. The van der Waals surface area contributed by atoms with Crippen molar-refractivity contribution in [2.75, 3.05) is 0 Å². The van der Waals surface area contributed by atoms with Crippen LogP contribution in [0.15, 0.2) is 54.6 Å². The number of fused-ring (bicyclic) bond motifs is 1. The SMILES string of the molecule is CCCCCCCCCCCCc1c(-c2ccccc2)n(CCCCCCCCCCCC)c2ccccc12. The molecule has 1 nitrogen and oxygen atoms in total. The van der Waals surface area contributed by atoms with E-state index >= 15 is 0 Å². The van der Waals surface area contributed by atoms with E-state index in [0.717, 1.165) is 6.54 Å². The van der Waals surface area contributed by atoms with Crippen LogP contribution in [0.2, 0.25) is 0 Å². The van der Waals surface area contributed by atoms with Crippen LogP contribution in [0.4, 0.5) is 0 Å². The van der Waals surface area contributed by atoms with Gasteiger partial charge in [0.15, 0.2) is 0 Å². The van der Waals surface area contributed by atoms with Gasteiger partial charge in [-0.05, 0) is 36.5 Å². The second kappa shape index (κ2) is 19.9. The number of nitrogens with zero attached hydrogens (tertiary/aromatic N) is 1. The molecule has 0 aliphatic heterocycles. The zero-order valence-electron chi connectivity index (χ0n) is 25.7. The number of aryl methyl sites for hydroxylation is 2. The smallest absolute Gasteiger partial charge is 0.0523 e. The number of rotatable bonds is 23. The van der Waals surface area contributed by atoms with E-state index in [9.17, 15) is 0 Å². The van der Waals surface area contributed by atoms with Crippen LogP contribution in [-0.4, -0.2) is 4.57 Å². The van der Waals surface area contributed by atoms with Crippen LogP contribution < -0.4 is 0 Å². The Bertz CT molecular complexity index is 937. The second-order valence-electron chi connectivity index (χ2n) is 12.0. The first-order valence-corrected chi connectivity index (χ1v) is 17.0. The fourth-order valence-corrected chi connectivity index (χ4v) is 6.33. The molecule has 0 radical (unpaired) electrons. The van der Waals surface area contributed by atoms with Crippen molar-refractivity contribution in [2.45, 2.75) is 155 Å². The molecule has 0 amide bonds. The van der Waals surface area contributed by atoms with Crippen molar-refractivity contribution < 1.29 is 0 Å². The highest BCUT2D eigenvalue weighted by molar-refractivity contribution is 5.92. The average molecular weight is 530 g/mol. The standard InChI is InChI=1S/C38H59N/c1-3-5-7-9-11-13-15-17-19-24-31-36-35-30-25-26-32-37(35)39(38(36)34-28-22-21-23-29-34)33-27-20-18-16-14-12-10-8-6-4-2/h21-23,25-26,28-30,32H,3-20,24,27,31,33H2,1-2H3. The summed E-state index contributed by atoms with van der Waals surface area (Å²) in [7, 11) is 0. The molecule has 0 N–H and O–H groups in total. The Morgan fingerprint density at radius 1 is 0.462 bits per heavy atom. The second-order valence-corrected chi connectivity index (χ2v) is 12.0. The van der Waals surface area contributed by atoms with Gasteiger partial charge in [-0.2, -0.15) is 0 Å². The zero-order valence-corrected chi connectivity index (χ0v) is 25.7. The lowest BCUT2D eigenvalue weighted by Gasteiger charge is -2.13. The molecule has 0 atom stereocenters. The molecular formula is C38H59N. The summed E-state index contributed by atoms with van der Waals surface area (Å²) in [6.07, 6.45) is 29.1. The number of unbranched alkanes of at least 4 members (excludes halogenated alkanes) is 18. The minimum Gasteiger partial charge on any atom is -0.340 e. The van der Waals surface area contributed by atoms with Gasteiger partial charge in [0, 0.05) is 17.4 Å². The van der Waals surface area contributed by atoms with Gasteiger partial charge in [-0.25, -0.2) is 0 Å². The molecule has 1 heteroatoms. The lowest BCUT2D eigenvalue weighted by molar-refractivity contribution is 0.539. The summed E-state index contributed by atoms with van der Waals surface area (Å²) in [5, 5.41) is 1.49. The number of para-hydroxylation sites is 1. The van der Waals surface area contributed by atoms with Crippen molar-refractivity contribution in [2.24, 2.45) is 0 Å². The molecule has 0 spiro atoms. The molecule has 3 rings (SSSR count). The summed E-state index contributed by atoms with van der Waals surface area (Å²) >= 11 is 0. The monoisotopic (exact) mass is 529 g/mol. The third kappa shape index (κ3) is 11.2. The third-order valence-electron chi connectivity index (χ3n) is 8.64. The van der Waals surface area contributed by atoms with E-state index in [2.05, 4.69) is 73.0 Å². The normalized spacial score (nSPS) is 11.5. The number of benzene rings is 2. The van der Waals surface area contributed by atoms with Crippen molar-refractivity contribution in [3.63, 3.8) is 0 Å². The average Bonchev–Trinajstić information content (AvgIpc) is 3.28. The predicted octanol–water partition coefficient (Wildman–Crippen LogP) is 12.7. The molecule has 3 aromatic rings. The van der Waals surface area contributed by atoms with Gasteiger partial charge >= 0.3 is 0 Å². The van der Waals surface area contributed by atoms with Crippen molar-refractivity contribution in [3.05, 3.63) is 60.2 Å². The number of aromatic nitrogens is 1. The Morgan fingerprint density at radius 3 is 1.49 bits per heavy atom. The molecule has 0 saturated heterocycles. The number of hydrogen-bond donors (Lipinski definition) is 0. The minimum absolute atomic E-state index is 1.14. The van der Waals surface area contributed by atoms with Crippen molar-refractivity contribution in [1.82, 2.24) is 4.57 Å². The van der Waals surface area contributed by atoms with Gasteiger partial charge in [-0.3, -0.25) is 0 Å².